The fourth-order valence-electron chi connectivity index (χ4n) is 2.50. The highest BCUT2D eigenvalue weighted by Crippen LogP contribution is 2.20. The molecular weight excluding hydrogens is 396 g/mol. The van der Waals surface area contributed by atoms with Crippen molar-refractivity contribution >= 4 is 33.6 Å². The third kappa shape index (κ3) is 6.84. The van der Waals surface area contributed by atoms with Gasteiger partial charge in [0.1, 0.15) is 0 Å². The van der Waals surface area contributed by atoms with E-state index in [1.807, 2.05) is 30.3 Å². The van der Waals surface area contributed by atoms with E-state index in [4.69, 9.17) is 0 Å². The molecule has 25 heavy (non-hydrogen) atoms. The van der Waals surface area contributed by atoms with Crippen molar-refractivity contribution in [3.8, 4) is 0 Å². The minimum atomic E-state index is 0.0607. The molecule has 3 nitrogen and oxygen atoms in total. The molecule has 0 saturated carbocycles. The summed E-state index contributed by atoms with van der Waals surface area (Å²) in [6.07, 6.45) is 0. The van der Waals surface area contributed by atoms with Crippen molar-refractivity contribution in [1.29, 1.82) is 0 Å². The third-order valence-corrected chi connectivity index (χ3v) is 5.61. The molecular formula is C20H25BrN2OS. The summed E-state index contributed by atoms with van der Waals surface area (Å²) in [5.41, 5.74) is 2.48. The van der Waals surface area contributed by atoms with E-state index in [1.54, 1.807) is 11.8 Å². The molecule has 0 fully saturated rings. The smallest absolute Gasteiger partial charge is 0.230 e. The predicted molar refractivity (Wildman–Crippen MR) is 110 cm³/mol. The number of nitrogens with zero attached hydrogens (tertiary/aromatic N) is 1. The van der Waals surface area contributed by atoms with Gasteiger partial charge in [-0.15, -0.1) is 11.8 Å². The first kappa shape index (κ1) is 20.0. The first-order valence-electron chi connectivity index (χ1n) is 8.56. The zero-order valence-electron chi connectivity index (χ0n) is 14.8. The van der Waals surface area contributed by atoms with Crippen LogP contribution in [0.4, 0.5) is 0 Å². The van der Waals surface area contributed by atoms with Crippen molar-refractivity contribution in [2.24, 2.45) is 0 Å². The summed E-state index contributed by atoms with van der Waals surface area (Å²) in [7, 11) is 0. The second-order valence-electron chi connectivity index (χ2n) is 5.75. The van der Waals surface area contributed by atoms with Gasteiger partial charge in [0.2, 0.25) is 5.91 Å². The monoisotopic (exact) mass is 420 g/mol. The van der Waals surface area contributed by atoms with Gasteiger partial charge in [-0.3, -0.25) is 9.69 Å². The van der Waals surface area contributed by atoms with Crippen molar-refractivity contribution in [2.75, 3.05) is 18.8 Å². The summed E-state index contributed by atoms with van der Waals surface area (Å²) in [6.45, 7) is 7.91. The Kier molecular flexibility index (Phi) is 8.52. The van der Waals surface area contributed by atoms with E-state index in [0.29, 0.717) is 12.3 Å². The lowest BCUT2D eigenvalue weighted by atomic mass is 10.1. The Hall–Kier alpha value is -1.30. The number of benzene rings is 2. The molecule has 2 aromatic rings. The molecule has 0 saturated heterocycles. The molecule has 5 heteroatoms. The van der Waals surface area contributed by atoms with Gasteiger partial charge < -0.3 is 5.32 Å². The van der Waals surface area contributed by atoms with E-state index in [0.717, 1.165) is 29.0 Å². The van der Waals surface area contributed by atoms with E-state index < -0.39 is 0 Å². The fourth-order valence-corrected chi connectivity index (χ4v) is 3.49. The van der Waals surface area contributed by atoms with E-state index >= 15 is 0 Å². The lowest BCUT2D eigenvalue weighted by Crippen LogP contribution is -2.27. The Morgan fingerprint density at radius 1 is 1.04 bits per heavy atom. The average molecular weight is 421 g/mol. The van der Waals surface area contributed by atoms with Gasteiger partial charge in [0.15, 0.2) is 0 Å². The number of halogens is 1. The van der Waals surface area contributed by atoms with E-state index in [-0.39, 0.29) is 5.91 Å². The topological polar surface area (TPSA) is 32.3 Å². The van der Waals surface area contributed by atoms with Crippen molar-refractivity contribution in [3.05, 3.63) is 64.1 Å². The number of nitrogens with one attached hydrogen (secondary N) is 1. The van der Waals surface area contributed by atoms with E-state index in [2.05, 4.69) is 58.2 Å². The lowest BCUT2D eigenvalue weighted by molar-refractivity contribution is -0.118. The molecule has 0 radical (unpaired) electrons. The molecule has 0 atom stereocenters. The maximum absolute atomic E-state index is 12.2. The molecule has 0 heterocycles. The zero-order valence-corrected chi connectivity index (χ0v) is 17.2. The minimum Gasteiger partial charge on any atom is -0.351 e. The van der Waals surface area contributed by atoms with Crippen molar-refractivity contribution in [2.45, 2.75) is 31.8 Å². The number of carbonyl (C=O) groups is 1. The Labute approximate surface area is 163 Å². The Morgan fingerprint density at radius 3 is 2.32 bits per heavy atom. The molecule has 1 N–H and O–H groups in total. The number of thioether (sulfide) groups is 1. The van der Waals surface area contributed by atoms with Gasteiger partial charge >= 0.3 is 0 Å². The largest absolute Gasteiger partial charge is 0.351 e. The zero-order chi connectivity index (χ0) is 18.1. The third-order valence-electron chi connectivity index (χ3n) is 4.07. The van der Waals surface area contributed by atoms with E-state index in [1.165, 1.54) is 11.1 Å². The standard InChI is InChI=1S/C20H25BrN2OS/c1-3-23(4-2)14-17-8-6-5-7-16(17)13-22-20(24)15-25-19-11-9-18(21)10-12-19/h5-12H,3-4,13-15H2,1-2H3,(H,22,24). The van der Waals surface area contributed by atoms with Crippen LogP contribution in [0.2, 0.25) is 0 Å². The van der Waals surface area contributed by atoms with Crippen LogP contribution in [0.25, 0.3) is 0 Å². The van der Waals surface area contributed by atoms with Crippen molar-refractivity contribution < 1.29 is 4.79 Å². The average Bonchev–Trinajstić information content (AvgIpc) is 2.64. The Morgan fingerprint density at radius 2 is 1.68 bits per heavy atom. The minimum absolute atomic E-state index is 0.0607. The summed E-state index contributed by atoms with van der Waals surface area (Å²) in [5.74, 6) is 0.491. The van der Waals surface area contributed by atoms with Gasteiger partial charge in [0.05, 0.1) is 5.75 Å². The second-order valence-corrected chi connectivity index (χ2v) is 7.71. The highest BCUT2D eigenvalue weighted by molar-refractivity contribution is 9.10. The summed E-state index contributed by atoms with van der Waals surface area (Å²) in [6, 6.07) is 16.4. The molecule has 0 unspecified atom stereocenters. The summed E-state index contributed by atoms with van der Waals surface area (Å²) < 4.78 is 1.05. The van der Waals surface area contributed by atoms with Crippen molar-refractivity contribution in [3.63, 3.8) is 0 Å². The van der Waals surface area contributed by atoms with Gasteiger partial charge in [-0.1, -0.05) is 54.0 Å². The van der Waals surface area contributed by atoms with Gasteiger partial charge in [-0.2, -0.15) is 0 Å². The van der Waals surface area contributed by atoms with Crippen molar-refractivity contribution in [1.82, 2.24) is 10.2 Å². The maximum Gasteiger partial charge on any atom is 0.230 e. The summed E-state index contributed by atoms with van der Waals surface area (Å²) >= 11 is 4.97. The van der Waals surface area contributed by atoms with Crippen LogP contribution in [0.3, 0.4) is 0 Å². The lowest BCUT2D eigenvalue weighted by Gasteiger charge is -2.20. The highest BCUT2D eigenvalue weighted by Gasteiger charge is 2.08. The maximum atomic E-state index is 12.2. The molecule has 0 aliphatic rings. The molecule has 0 bridgehead atoms. The normalized spacial score (nSPS) is 10.9. The molecule has 0 aliphatic carbocycles. The van der Waals surface area contributed by atoms with Crippen LogP contribution in [-0.2, 0) is 17.9 Å². The van der Waals surface area contributed by atoms with Crippen LogP contribution < -0.4 is 5.32 Å². The van der Waals surface area contributed by atoms with Gasteiger partial charge in [0, 0.05) is 22.5 Å². The van der Waals surface area contributed by atoms with Gasteiger partial charge in [0.25, 0.3) is 0 Å². The number of hydrogen-bond acceptors (Lipinski definition) is 3. The molecule has 2 aromatic carbocycles. The van der Waals surface area contributed by atoms with Crippen LogP contribution in [0.1, 0.15) is 25.0 Å². The first-order chi connectivity index (χ1) is 12.1. The number of carbonyl (C=O) groups excluding carboxylic acids is 1. The molecule has 2 rings (SSSR count). The summed E-state index contributed by atoms with van der Waals surface area (Å²) in [5, 5.41) is 3.04. The van der Waals surface area contributed by atoms with Crippen LogP contribution in [-0.4, -0.2) is 29.6 Å². The fraction of sp³-hybridized carbons (Fsp3) is 0.350. The van der Waals surface area contributed by atoms with E-state index in [9.17, 15) is 4.79 Å². The molecule has 134 valence electrons. The van der Waals surface area contributed by atoms with Gasteiger partial charge in [-0.25, -0.2) is 0 Å². The Balaban J connectivity index is 1.85. The first-order valence-corrected chi connectivity index (χ1v) is 10.3. The second kappa shape index (κ2) is 10.6. The number of hydrogen-bond donors (Lipinski definition) is 1. The SMILES string of the molecule is CCN(CC)Cc1ccccc1CNC(=O)CSc1ccc(Br)cc1. The van der Waals surface area contributed by atoms with Gasteiger partial charge in [-0.05, 0) is 48.5 Å². The number of amides is 1. The van der Waals surface area contributed by atoms with Crippen LogP contribution >= 0.6 is 27.7 Å². The molecule has 1 amide bonds. The van der Waals surface area contributed by atoms with Crippen LogP contribution in [0.15, 0.2) is 57.9 Å². The quantitative estimate of drug-likeness (QED) is 0.596. The molecule has 0 aromatic heterocycles. The highest BCUT2D eigenvalue weighted by atomic mass is 79.9. The number of rotatable bonds is 9. The molecule has 0 aliphatic heterocycles. The van der Waals surface area contributed by atoms with Crippen LogP contribution in [0.5, 0.6) is 0 Å². The molecule has 0 spiro atoms. The predicted octanol–water partition coefficient (Wildman–Crippen LogP) is 4.70. The van der Waals surface area contributed by atoms with Crippen LogP contribution in [0, 0.1) is 0 Å². The Bertz CT molecular complexity index is 672. The summed E-state index contributed by atoms with van der Waals surface area (Å²) in [4.78, 5) is 15.6.